The SMILES string of the molecule is COc1ccc(-c2[nH]ncc2C=C(C#N)c2ccc([N+](=O)[O-])cc2)cc1. The Kier molecular flexibility index (Phi) is 4.76. The first-order chi connectivity index (χ1) is 12.6. The van der Waals surface area contributed by atoms with Gasteiger partial charge in [0.2, 0.25) is 0 Å². The average molecular weight is 346 g/mol. The largest absolute Gasteiger partial charge is 0.497 e. The van der Waals surface area contributed by atoms with E-state index in [1.807, 2.05) is 24.3 Å². The Hall–Kier alpha value is -3.92. The lowest BCUT2D eigenvalue weighted by Gasteiger charge is -2.04. The van der Waals surface area contributed by atoms with Crippen molar-refractivity contribution in [3.63, 3.8) is 0 Å². The van der Waals surface area contributed by atoms with Crippen LogP contribution in [0, 0.1) is 21.4 Å². The van der Waals surface area contributed by atoms with Crippen molar-refractivity contribution >= 4 is 17.3 Å². The molecule has 0 bridgehead atoms. The zero-order valence-corrected chi connectivity index (χ0v) is 13.8. The van der Waals surface area contributed by atoms with Gasteiger partial charge >= 0.3 is 0 Å². The normalized spacial score (nSPS) is 11.0. The molecule has 0 aliphatic carbocycles. The number of rotatable bonds is 5. The van der Waals surface area contributed by atoms with Gasteiger partial charge in [0.25, 0.3) is 5.69 Å². The second kappa shape index (κ2) is 7.32. The van der Waals surface area contributed by atoms with E-state index in [0.29, 0.717) is 11.1 Å². The van der Waals surface area contributed by atoms with Crippen molar-refractivity contribution < 1.29 is 9.66 Å². The fraction of sp³-hybridized carbons (Fsp3) is 0.0526. The molecule has 0 radical (unpaired) electrons. The average Bonchev–Trinajstić information content (AvgIpc) is 3.14. The van der Waals surface area contributed by atoms with Crippen LogP contribution in [-0.4, -0.2) is 22.2 Å². The van der Waals surface area contributed by atoms with Crippen molar-refractivity contribution in [2.24, 2.45) is 0 Å². The molecule has 1 aromatic heterocycles. The van der Waals surface area contributed by atoms with Gasteiger partial charge in [0.15, 0.2) is 0 Å². The lowest BCUT2D eigenvalue weighted by molar-refractivity contribution is -0.384. The van der Waals surface area contributed by atoms with Crippen LogP contribution in [0.2, 0.25) is 0 Å². The molecule has 0 unspecified atom stereocenters. The summed E-state index contributed by atoms with van der Waals surface area (Å²) in [6.07, 6.45) is 3.33. The highest BCUT2D eigenvalue weighted by Gasteiger charge is 2.10. The van der Waals surface area contributed by atoms with Crippen molar-refractivity contribution in [2.75, 3.05) is 7.11 Å². The number of aromatic nitrogens is 2. The molecule has 1 N–H and O–H groups in total. The molecule has 0 atom stereocenters. The molecule has 7 nitrogen and oxygen atoms in total. The van der Waals surface area contributed by atoms with Gasteiger partial charge in [0, 0.05) is 23.3 Å². The van der Waals surface area contributed by atoms with Crippen molar-refractivity contribution in [2.45, 2.75) is 0 Å². The minimum atomic E-state index is -0.475. The maximum Gasteiger partial charge on any atom is 0.269 e. The molecule has 2 aromatic carbocycles. The van der Waals surface area contributed by atoms with Crippen LogP contribution in [0.1, 0.15) is 11.1 Å². The van der Waals surface area contributed by atoms with Crippen LogP contribution in [0.4, 0.5) is 5.69 Å². The first-order valence-electron chi connectivity index (χ1n) is 7.67. The van der Waals surface area contributed by atoms with Crippen LogP contribution in [-0.2, 0) is 0 Å². The van der Waals surface area contributed by atoms with Crippen LogP contribution < -0.4 is 4.74 Å². The number of ether oxygens (including phenoxy) is 1. The third-order valence-corrected chi connectivity index (χ3v) is 3.86. The Balaban J connectivity index is 1.96. The Bertz CT molecular complexity index is 997. The van der Waals surface area contributed by atoms with E-state index < -0.39 is 4.92 Å². The molecule has 3 rings (SSSR count). The standard InChI is InChI=1S/C19H14N4O3/c1-26-18-8-4-14(5-9-18)19-16(12-21-22-19)10-15(11-20)13-2-6-17(7-3-13)23(24)25/h2-10,12H,1H3,(H,21,22). The monoisotopic (exact) mass is 346 g/mol. The number of aromatic amines is 1. The van der Waals surface area contributed by atoms with Crippen molar-refractivity contribution in [3.8, 4) is 23.1 Å². The summed E-state index contributed by atoms with van der Waals surface area (Å²) < 4.78 is 5.15. The van der Waals surface area contributed by atoms with Gasteiger partial charge in [-0.2, -0.15) is 10.4 Å². The van der Waals surface area contributed by atoms with Crippen LogP contribution >= 0.6 is 0 Å². The Morgan fingerprint density at radius 3 is 2.50 bits per heavy atom. The van der Waals surface area contributed by atoms with Crippen LogP contribution in [0.15, 0.2) is 54.7 Å². The minimum absolute atomic E-state index is 0.0201. The quantitative estimate of drug-likeness (QED) is 0.426. The number of hydrogen-bond donors (Lipinski definition) is 1. The number of non-ortho nitro benzene ring substituents is 1. The Labute approximate surface area is 149 Å². The van der Waals surface area contributed by atoms with Gasteiger partial charge in [-0.25, -0.2) is 0 Å². The van der Waals surface area contributed by atoms with E-state index in [1.54, 1.807) is 31.5 Å². The summed E-state index contributed by atoms with van der Waals surface area (Å²) in [6, 6.07) is 15.5. The lowest BCUT2D eigenvalue weighted by atomic mass is 10.0. The summed E-state index contributed by atoms with van der Waals surface area (Å²) in [7, 11) is 1.60. The second-order valence-corrected chi connectivity index (χ2v) is 5.40. The highest BCUT2D eigenvalue weighted by molar-refractivity contribution is 5.92. The molecule has 0 fully saturated rings. The summed E-state index contributed by atoms with van der Waals surface area (Å²) >= 11 is 0. The zero-order valence-electron chi connectivity index (χ0n) is 13.8. The van der Waals surface area contributed by atoms with Crippen LogP contribution in [0.5, 0.6) is 5.75 Å². The number of nitro groups is 1. The topological polar surface area (TPSA) is 105 Å². The highest BCUT2D eigenvalue weighted by Crippen LogP contribution is 2.27. The first kappa shape index (κ1) is 16.9. The predicted octanol–water partition coefficient (Wildman–Crippen LogP) is 4.06. The molecule has 0 saturated heterocycles. The summed E-state index contributed by atoms with van der Waals surface area (Å²) in [5, 5.41) is 27.2. The van der Waals surface area contributed by atoms with Gasteiger partial charge in [0.1, 0.15) is 5.75 Å². The van der Waals surface area contributed by atoms with Crippen molar-refractivity contribution in [1.82, 2.24) is 10.2 Å². The van der Waals surface area contributed by atoms with Crippen molar-refractivity contribution in [1.29, 1.82) is 5.26 Å². The van der Waals surface area contributed by atoms with E-state index >= 15 is 0 Å². The van der Waals surface area contributed by atoms with Gasteiger partial charge in [-0.3, -0.25) is 15.2 Å². The zero-order chi connectivity index (χ0) is 18.5. The molecular weight excluding hydrogens is 332 g/mol. The summed E-state index contributed by atoms with van der Waals surface area (Å²) in [6.45, 7) is 0. The number of H-pyrrole nitrogens is 1. The number of allylic oxidation sites excluding steroid dienone is 1. The molecule has 0 saturated carbocycles. The molecule has 0 aliphatic rings. The summed E-state index contributed by atoms with van der Waals surface area (Å²) in [4.78, 5) is 10.3. The van der Waals surface area contributed by atoms with E-state index in [9.17, 15) is 15.4 Å². The number of methoxy groups -OCH3 is 1. The van der Waals surface area contributed by atoms with Gasteiger partial charge in [-0.15, -0.1) is 0 Å². The number of benzene rings is 2. The fourth-order valence-electron chi connectivity index (χ4n) is 2.49. The number of nitro benzene ring substituents is 1. The third-order valence-electron chi connectivity index (χ3n) is 3.86. The number of hydrogen-bond acceptors (Lipinski definition) is 5. The van der Waals surface area contributed by atoms with Crippen LogP contribution in [0.3, 0.4) is 0 Å². The molecule has 128 valence electrons. The highest BCUT2D eigenvalue weighted by atomic mass is 16.6. The number of nitriles is 1. The molecule has 0 amide bonds. The molecule has 3 aromatic rings. The van der Waals surface area contributed by atoms with E-state index in [2.05, 4.69) is 16.3 Å². The number of nitrogens with zero attached hydrogens (tertiary/aromatic N) is 3. The van der Waals surface area contributed by atoms with E-state index in [0.717, 1.165) is 22.6 Å². The Morgan fingerprint density at radius 1 is 1.23 bits per heavy atom. The van der Waals surface area contributed by atoms with Crippen molar-refractivity contribution in [3.05, 3.63) is 76.0 Å². The summed E-state index contributed by atoms with van der Waals surface area (Å²) in [5.41, 5.74) is 3.37. The van der Waals surface area contributed by atoms with Gasteiger partial charge in [0.05, 0.1) is 35.6 Å². The molecular formula is C19H14N4O3. The summed E-state index contributed by atoms with van der Waals surface area (Å²) in [5.74, 6) is 0.744. The third kappa shape index (κ3) is 3.44. The molecule has 0 spiro atoms. The van der Waals surface area contributed by atoms with E-state index in [1.165, 1.54) is 12.1 Å². The van der Waals surface area contributed by atoms with E-state index in [4.69, 9.17) is 4.74 Å². The molecule has 26 heavy (non-hydrogen) atoms. The first-order valence-corrected chi connectivity index (χ1v) is 7.67. The predicted molar refractivity (Wildman–Crippen MR) is 97.2 cm³/mol. The van der Waals surface area contributed by atoms with Gasteiger partial charge in [-0.1, -0.05) is 0 Å². The maximum atomic E-state index is 10.8. The smallest absolute Gasteiger partial charge is 0.269 e. The lowest BCUT2D eigenvalue weighted by Crippen LogP contribution is -1.89. The maximum absolute atomic E-state index is 10.8. The number of nitrogens with one attached hydrogen (secondary N) is 1. The second-order valence-electron chi connectivity index (χ2n) is 5.40. The molecule has 1 heterocycles. The van der Waals surface area contributed by atoms with Gasteiger partial charge in [-0.05, 0) is 48.0 Å². The Morgan fingerprint density at radius 2 is 1.92 bits per heavy atom. The van der Waals surface area contributed by atoms with E-state index in [-0.39, 0.29) is 5.69 Å². The molecule has 7 heteroatoms. The van der Waals surface area contributed by atoms with Crippen LogP contribution in [0.25, 0.3) is 22.9 Å². The fourth-order valence-corrected chi connectivity index (χ4v) is 2.49. The van der Waals surface area contributed by atoms with Gasteiger partial charge < -0.3 is 4.74 Å². The minimum Gasteiger partial charge on any atom is -0.497 e. The molecule has 0 aliphatic heterocycles.